The minimum atomic E-state index is -1.01. The van der Waals surface area contributed by atoms with E-state index in [4.69, 9.17) is 24.2 Å². The van der Waals surface area contributed by atoms with Gasteiger partial charge in [0.2, 0.25) is 5.91 Å². The summed E-state index contributed by atoms with van der Waals surface area (Å²) in [5.74, 6) is -1.31. The maximum absolute atomic E-state index is 15.4. The number of hydrogen-bond donors (Lipinski definition) is 2. The zero-order valence-electron chi connectivity index (χ0n) is 41.7. The van der Waals surface area contributed by atoms with E-state index >= 15 is 4.79 Å². The fourth-order valence-corrected chi connectivity index (χ4v) is 14.2. The van der Waals surface area contributed by atoms with Crippen LogP contribution in [-0.4, -0.2) is 135 Å². The van der Waals surface area contributed by atoms with Crippen molar-refractivity contribution >= 4 is 40.0 Å². The first-order valence-electron chi connectivity index (χ1n) is 25.7. The zero-order chi connectivity index (χ0) is 49.0. The quantitative estimate of drug-likeness (QED) is 0.159. The Balaban J connectivity index is 1.00. The number of hydrazine groups is 1. The summed E-state index contributed by atoms with van der Waals surface area (Å²) in [6.07, 6.45) is 10.7. The van der Waals surface area contributed by atoms with Crippen molar-refractivity contribution in [3.05, 3.63) is 82.5 Å². The molecular formula is C54H66N10O6S. The summed E-state index contributed by atoms with van der Waals surface area (Å²) in [5, 5.41) is 8.90. The molecule has 7 aliphatic rings. The van der Waals surface area contributed by atoms with Crippen molar-refractivity contribution in [1.29, 1.82) is 0 Å². The predicted octanol–water partition coefficient (Wildman–Crippen LogP) is 6.65. The molecule has 0 unspecified atom stereocenters. The molecule has 0 radical (unpaired) electrons. The van der Waals surface area contributed by atoms with E-state index in [0.717, 1.165) is 114 Å². The molecule has 2 spiro atoms. The molecule has 2 saturated carbocycles. The average molecular weight is 983 g/mol. The molecule has 71 heavy (non-hydrogen) atoms. The first-order valence-corrected chi connectivity index (χ1v) is 26.6. The highest BCUT2D eigenvalue weighted by atomic mass is 32.1. The summed E-state index contributed by atoms with van der Waals surface area (Å²) in [5.41, 5.74) is 10.9. The summed E-state index contributed by atoms with van der Waals surface area (Å²) in [6.45, 7) is 13.0. The largest absolute Gasteiger partial charge is 0.464 e. The van der Waals surface area contributed by atoms with Gasteiger partial charge in [0.1, 0.15) is 23.4 Å². The van der Waals surface area contributed by atoms with E-state index in [9.17, 15) is 9.59 Å². The molecule has 2 N–H and O–H groups in total. The van der Waals surface area contributed by atoms with Crippen molar-refractivity contribution in [2.75, 3.05) is 60.2 Å². The molecule has 9 heterocycles. The molecule has 6 bridgehead atoms. The number of rotatable bonds is 8. The van der Waals surface area contributed by atoms with Crippen molar-refractivity contribution in [1.82, 2.24) is 50.1 Å². The number of nitrogens with one attached hydrogen (secondary N) is 2. The van der Waals surface area contributed by atoms with Gasteiger partial charge in [-0.1, -0.05) is 26.8 Å². The Kier molecular flexibility index (Phi) is 11.7. The molecule has 1 aromatic carbocycles. The third kappa shape index (κ3) is 8.09. The Morgan fingerprint density at radius 2 is 1.87 bits per heavy atom. The molecule has 17 heteroatoms. The van der Waals surface area contributed by atoms with E-state index in [0.29, 0.717) is 25.8 Å². The predicted molar refractivity (Wildman–Crippen MR) is 268 cm³/mol. The third-order valence-corrected chi connectivity index (χ3v) is 18.3. The van der Waals surface area contributed by atoms with Crippen LogP contribution >= 0.6 is 11.3 Å². The fraction of sp³-hybridized carbons (Fsp3) is 0.574. The van der Waals surface area contributed by atoms with Gasteiger partial charge in [0.25, 0.3) is 5.91 Å². The summed E-state index contributed by atoms with van der Waals surface area (Å²) >= 11 is 1.54. The second-order valence-electron chi connectivity index (χ2n) is 22.8. The first kappa shape index (κ1) is 46.9. The van der Waals surface area contributed by atoms with Crippen LogP contribution < -0.4 is 10.7 Å². The second-order valence-corrected chi connectivity index (χ2v) is 23.7. The topological polar surface area (TPSA) is 169 Å². The second kappa shape index (κ2) is 17.8. The van der Waals surface area contributed by atoms with Crippen molar-refractivity contribution in [2.24, 2.45) is 22.7 Å². The molecule has 4 saturated heterocycles. The summed E-state index contributed by atoms with van der Waals surface area (Å²) < 4.78 is 20.6. The lowest BCUT2D eigenvalue weighted by molar-refractivity contribution is -0.173. The lowest BCUT2D eigenvalue weighted by Gasteiger charge is -2.55. The number of amides is 2. The number of carbonyl (C=O) groups is 3. The van der Waals surface area contributed by atoms with Crippen molar-refractivity contribution in [2.45, 2.75) is 114 Å². The maximum Gasteiger partial charge on any atom is 0.324 e. The molecule has 5 aliphatic heterocycles. The smallest absolute Gasteiger partial charge is 0.324 e. The van der Waals surface area contributed by atoms with Crippen LogP contribution in [0.3, 0.4) is 0 Å². The Morgan fingerprint density at radius 3 is 2.61 bits per heavy atom. The number of benzene rings is 1. The van der Waals surface area contributed by atoms with Crippen LogP contribution in [0.5, 0.6) is 0 Å². The van der Waals surface area contributed by atoms with Crippen molar-refractivity contribution in [3.8, 4) is 22.5 Å². The molecule has 16 nitrogen and oxygen atoms in total. The van der Waals surface area contributed by atoms with Crippen LogP contribution in [-0.2, 0) is 35.0 Å². The van der Waals surface area contributed by atoms with E-state index in [-0.39, 0.29) is 59.3 Å². The minimum absolute atomic E-state index is 0.00788. The standard InChI is InChI=1S/C54H66N10O6S/c1-31-42(38-14-17-55-30-57-38)43(31)48(65)59-45-47(62-25-54(26-62)15-9-18-61(54)5)49-58-40(24-71-49)33-12-13-41-36(20-33)37(23-52(3,4)27-70-51(67)39-11-8-19-63(60-39)50(45)66)46(35-10-7-16-56-44(35)32(2)68-6)64(41)34-21-53(22-34)28-69-29-53/h7,10,12-14,16-17,20,24,30-32,34,39,42-43,45,47,60H,8-9,11,15,18-19,21-23,25-29H2,1-6H3,(H,59,65)/t31-,32-,39-,42-,43+,45-,47-/m0/s1. The normalized spacial score (nSPS) is 28.7. The van der Waals surface area contributed by atoms with Gasteiger partial charge in [0.15, 0.2) is 0 Å². The van der Waals surface area contributed by atoms with Crippen molar-refractivity contribution < 1.29 is 28.6 Å². The van der Waals surface area contributed by atoms with Gasteiger partial charge >= 0.3 is 5.97 Å². The number of thiazole rings is 1. The summed E-state index contributed by atoms with van der Waals surface area (Å²) in [7, 11) is 3.92. The number of aromatic nitrogens is 5. The van der Waals surface area contributed by atoms with E-state index in [1.807, 2.05) is 25.3 Å². The fourth-order valence-electron chi connectivity index (χ4n) is 13.2. The zero-order valence-corrected chi connectivity index (χ0v) is 42.5. The first-order chi connectivity index (χ1) is 34.3. The Bertz CT molecular complexity index is 2870. The maximum atomic E-state index is 15.4. The van der Waals surface area contributed by atoms with Gasteiger partial charge < -0.3 is 24.1 Å². The number of ether oxygens (including phenoxy) is 3. The number of likely N-dealkylation sites (tertiary alicyclic amines) is 2. The highest BCUT2D eigenvalue weighted by Crippen LogP contribution is 2.57. The molecule has 374 valence electrons. The molecule has 5 aromatic rings. The van der Waals surface area contributed by atoms with Crippen LogP contribution in [0.4, 0.5) is 0 Å². The molecular weight excluding hydrogens is 917 g/mol. The molecule has 12 rings (SSSR count). The van der Waals surface area contributed by atoms with Gasteiger partial charge in [0, 0.05) is 106 Å². The number of hydrogen-bond acceptors (Lipinski definition) is 14. The Labute approximate surface area is 419 Å². The Hall–Kier alpha value is -5.17. The summed E-state index contributed by atoms with van der Waals surface area (Å²) in [6, 6.07) is 10.7. The van der Waals surface area contributed by atoms with Gasteiger partial charge in [-0.2, -0.15) is 0 Å². The van der Waals surface area contributed by atoms with Crippen LogP contribution in [0.1, 0.15) is 112 Å². The average Bonchev–Trinajstić information content (AvgIpc) is 3.62. The van der Waals surface area contributed by atoms with Crippen molar-refractivity contribution in [3.63, 3.8) is 0 Å². The van der Waals surface area contributed by atoms with Crippen LogP contribution in [0.25, 0.3) is 33.4 Å². The number of cyclic esters (lactones) is 1. The number of fused-ring (bicyclic) bond motifs is 6. The third-order valence-electron chi connectivity index (χ3n) is 17.4. The number of likely N-dealkylation sites (N-methyl/N-ethyl adjacent to an activating group) is 1. The number of esters is 1. The van der Waals surface area contributed by atoms with Gasteiger partial charge in [-0.15, -0.1) is 11.3 Å². The van der Waals surface area contributed by atoms with Gasteiger partial charge in [-0.25, -0.2) is 20.4 Å². The Morgan fingerprint density at radius 1 is 1.04 bits per heavy atom. The molecule has 4 aromatic heterocycles. The van der Waals surface area contributed by atoms with Crippen LogP contribution in [0.2, 0.25) is 0 Å². The number of carbonyl (C=O) groups excluding carboxylic acids is 3. The lowest BCUT2D eigenvalue weighted by atomic mass is 9.64. The van der Waals surface area contributed by atoms with Crippen LogP contribution in [0.15, 0.2) is 60.5 Å². The molecule has 7 atom stereocenters. The minimum Gasteiger partial charge on any atom is -0.464 e. The van der Waals surface area contributed by atoms with Gasteiger partial charge in [-0.3, -0.25) is 34.2 Å². The van der Waals surface area contributed by atoms with Gasteiger partial charge in [-0.05, 0) is 107 Å². The highest BCUT2D eigenvalue weighted by Gasteiger charge is 2.57. The molecule has 6 fully saturated rings. The summed E-state index contributed by atoms with van der Waals surface area (Å²) in [4.78, 5) is 68.3. The van der Waals surface area contributed by atoms with Crippen LogP contribution in [0, 0.1) is 22.7 Å². The lowest BCUT2D eigenvalue weighted by Crippen LogP contribution is -2.70. The number of methoxy groups -OCH3 is 1. The number of pyridine rings is 1. The molecule has 2 amide bonds. The van der Waals surface area contributed by atoms with E-state index in [1.165, 1.54) is 17.7 Å². The van der Waals surface area contributed by atoms with Gasteiger partial charge in [0.05, 0.1) is 49.0 Å². The molecule has 2 aliphatic carbocycles. The van der Waals surface area contributed by atoms with E-state index in [2.05, 4.69) is 92.5 Å². The monoisotopic (exact) mass is 982 g/mol. The number of nitrogens with zero attached hydrogens (tertiary/aromatic N) is 8. The SMILES string of the molecule is CO[C@@H](C)c1ncccc1-c1c2c3cc(ccc3n1C1CC3(COC3)C1)-c1csc(n1)[C@@H](N1CC3(CCCN3C)C1)[C@H](NC(=O)[C@@H]1[C@@H](C)[C@H]1c1ccncn1)C(=O)N1CCC[C@H](N1)C(=O)OCC(C)(C)C2. The van der Waals surface area contributed by atoms with E-state index in [1.54, 1.807) is 18.3 Å². The highest BCUT2D eigenvalue weighted by molar-refractivity contribution is 7.10. The van der Waals surface area contributed by atoms with E-state index < -0.39 is 29.5 Å².